The van der Waals surface area contributed by atoms with E-state index >= 15 is 0 Å². The van der Waals surface area contributed by atoms with Crippen molar-refractivity contribution in [3.05, 3.63) is 91.5 Å². The topological polar surface area (TPSA) is 189 Å². The van der Waals surface area contributed by atoms with E-state index in [1.807, 2.05) is 0 Å². The molecule has 6 rings (SSSR count). The van der Waals surface area contributed by atoms with E-state index in [0.29, 0.717) is 117 Å². The van der Waals surface area contributed by atoms with Gasteiger partial charge in [-0.2, -0.15) is 0 Å². The summed E-state index contributed by atoms with van der Waals surface area (Å²) in [5.74, 6) is -1.01. The number of hydrogen-bond donors (Lipinski definition) is 0. The monoisotopic (exact) mass is 967 g/mol. The van der Waals surface area contributed by atoms with Crippen molar-refractivity contribution < 1.29 is 66.7 Å². The molecular formula is C53H61NO14S. The third-order valence-corrected chi connectivity index (χ3v) is 13.0. The van der Waals surface area contributed by atoms with Crippen molar-refractivity contribution in [2.45, 2.75) is 103 Å². The Labute approximate surface area is 406 Å². The van der Waals surface area contributed by atoms with Crippen LogP contribution >= 0.6 is 11.3 Å². The number of nitrogens with zero attached hydrogens (tertiary/aromatic N) is 1. The number of thiazole rings is 1. The molecule has 69 heavy (non-hydrogen) atoms. The lowest BCUT2D eigenvalue weighted by atomic mass is 9.82. The number of unbranched alkanes of at least 4 members (excludes halogenated alkanes) is 6. The number of esters is 6. The zero-order chi connectivity index (χ0) is 48.8. The normalized spacial score (nSPS) is 17.7. The molecule has 1 heterocycles. The van der Waals surface area contributed by atoms with Crippen LogP contribution in [0.2, 0.25) is 0 Å². The van der Waals surface area contributed by atoms with Crippen LogP contribution in [0, 0.1) is 23.7 Å². The number of benzene rings is 3. The molecule has 0 aliphatic heterocycles. The van der Waals surface area contributed by atoms with Gasteiger partial charge in [0.15, 0.2) is 11.5 Å². The predicted octanol–water partition coefficient (Wildman–Crippen LogP) is 10.3. The van der Waals surface area contributed by atoms with Gasteiger partial charge in [-0.3, -0.25) is 19.2 Å². The van der Waals surface area contributed by atoms with Gasteiger partial charge in [-0.25, -0.2) is 14.6 Å². The lowest BCUT2D eigenvalue weighted by molar-refractivity contribution is -0.145. The summed E-state index contributed by atoms with van der Waals surface area (Å²) >= 11 is 1.27. The van der Waals surface area contributed by atoms with Crippen LogP contribution in [0.1, 0.15) is 103 Å². The number of carbonyl (C=O) groups excluding carboxylic acids is 6. The molecule has 2 aliphatic rings. The van der Waals surface area contributed by atoms with Gasteiger partial charge in [-0.15, -0.1) is 11.3 Å². The summed E-state index contributed by atoms with van der Waals surface area (Å²) in [5.41, 5.74) is 2.02. The Kier molecular flexibility index (Phi) is 20.6. The second kappa shape index (κ2) is 27.4. The molecule has 0 bridgehead atoms. The fourth-order valence-corrected chi connectivity index (χ4v) is 8.90. The molecule has 4 aromatic rings. The molecular weight excluding hydrogens is 907 g/mol. The molecule has 3 aromatic carbocycles. The SMILES string of the molecule is C=CC(=O)OCCCCCCOc1ccc(OC(=O)C2CCC(C(=O)Oc3ccc(OC(=O)C4CCC(C(=O)Oc5ccc(OCCCCCCOC(=O)C=C)cc5)CC4)c4scnc34)CC2)cc1. The Morgan fingerprint density at radius 1 is 0.464 bits per heavy atom. The lowest BCUT2D eigenvalue weighted by Gasteiger charge is -2.26. The summed E-state index contributed by atoms with van der Waals surface area (Å²) in [6, 6.07) is 17.0. The summed E-state index contributed by atoms with van der Waals surface area (Å²) in [7, 11) is 0. The van der Waals surface area contributed by atoms with Gasteiger partial charge >= 0.3 is 35.8 Å². The Morgan fingerprint density at radius 3 is 1.22 bits per heavy atom. The van der Waals surface area contributed by atoms with E-state index in [0.717, 1.165) is 63.5 Å². The largest absolute Gasteiger partial charge is 0.494 e. The highest BCUT2D eigenvalue weighted by molar-refractivity contribution is 7.17. The molecule has 2 fully saturated rings. The van der Waals surface area contributed by atoms with Gasteiger partial charge in [-0.05, 0) is 163 Å². The van der Waals surface area contributed by atoms with Crippen LogP contribution < -0.4 is 28.4 Å². The average Bonchev–Trinajstić information content (AvgIpc) is 3.88. The Balaban J connectivity index is 0.858. The Bertz CT molecular complexity index is 2180. The average molecular weight is 968 g/mol. The van der Waals surface area contributed by atoms with Gasteiger partial charge in [0.05, 0.1) is 55.6 Å². The summed E-state index contributed by atoms with van der Waals surface area (Å²) in [6.45, 7) is 8.59. The predicted molar refractivity (Wildman–Crippen MR) is 256 cm³/mol. The maximum Gasteiger partial charge on any atom is 0.330 e. The van der Waals surface area contributed by atoms with E-state index in [2.05, 4.69) is 18.1 Å². The van der Waals surface area contributed by atoms with Gasteiger partial charge in [0.25, 0.3) is 0 Å². The van der Waals surface area contributed by atoms with E-state index in [1.165, 1.54) is 11.3 Å². The van der Waals surface area contributed by atoms with Crippen LogP contribution in [-0.2, 0) is 38.2 Å². The molecule has 1 aromatic heterocycles. The molecule has 2 saturated carbocycles. The zero-order valence-corrected chi connectivity index (χ0v) is 39.8. The highest BCUT2D eigenvalue weighted by atomic mass is 32.1. The number of aromatic nitrogens is 1. The van der Waals surface area contributed by atoms with Gasteiger partial charge in [-0.1, -0.05) is 13.2 Å². The summed E-state index contributed by atoms with van der Waals surface area (Å²) in [5, 5.41) is 0. The number of hydrogen-bond acceptors (Lipinski definition) is 16. The van der Waals surface area contributed by atoms with Gasteiger partial charge in [0.1, 0.15) is 33.2 Å². The zero-order valence-electron chi connectivity index (χ0n) is 38.9. The first-order valence-electron chi connectivity index (χ1n) is 23.9. The second-order valence-corrected chi connectivity index (χ2v) is 17.9. The van der Waals surface area contributed by atoms with E-state index < -0.39 is 35.7 Å². The van der Waals surface area contributed by atoms with Crippen molar-refractivity contribution in [3.63, 3.8) is 0 Å². The molecule has 15 nitrogen and oxygen atoms in total. The fraction of sp³-hybridized carbons (Fsp3) is 0.453. The molecule has 0 spiro atoms. The first-order valence-corrected chi connectivity index (χ1v) is 24.7. The minimum Gasteiger partial charge on any atom is -0.494 e. The third kappa shape index (κ3) is 16.6. The Morgan fingerprint density at radius 2 is 0.812 bits per heavy atom. The third-order valence-electron chi connectivity index (χ3n) is 12.1. The van der Waals surface area contributed by atoms with Crippen LogP contribution in [0.3, 0.4) is 0 Å². The van der Waals surface area contributed by atoms with Crippen molar-refractivity contribution >= 4 is 57.4 Å². The smallest absolute Gasteiger partial charge is 0.330 e. The van der Waals surface area contributed by atoms with E-state index in [4.69, 9.17) is 37.9 Å². The highest BCUT2D eigenvalue weighted by Gasteiger charge is 2.34. The fourth-order valence-electron chi connectivity index (χ4n) is 8.14. The number of fused-ring (bicyclic) bond motifs is 1. The summed E-state index contributed by atoms with van der Waals surface area (Å²) < 4.78 is 45.2. The Hall–Kier alpha value is -6.55. The molecule has 0 radical (unpaired) electrons. The molecule has 16 heteroatoms. The molecule has 0 amide bonds. The van der Waals surface area contributed by atoms with Crippen LogP contribution in [0.25, 0.3) is 10.2 Å². The van der Waals surface area contributed by atoms with Crippen LogP contribution in [0.5, 0.6) is 34.5 Å². The first-order chi connectivity index (χ1) is 33.6. The molecule has 0 atom stereocenters. The van der Waals surface area contributed by atoms with Crippen LogP contribution in [0.15, 0.2) is 91.5 Å². The second-order valence-electron chi connectivity index (χ2n) is 17.1. The van der Waals surface area contributed by atoms with E-state index in [1.54, 1.807) is 66.2 Å². The van der Waals surface area contributed by atoms with Gasteiger partial charge < -0.3 is 37.9 Å². The van der Waals surface area contributed by atoms with Gasteiger partial charge in [0, 0.05) is 12.2 Å². The van der Waals surface area contributed by atoms with Crippen molar-refractivity contribution in [1.82, 2.24) is 4.98 Å². The molecule has 0 unspecified atom stereocenters. The first kappa shape index (κ1) is 51.8. The maximum atomic E-state index is 13.4. The van der Waals surface area contributed by atoms with Crippen molar-refractivity contribution in [1.29, 1.82) is 0 Å². The van der Waals surface area contributed by atoms with Crippen molar-refractivity contribution in [2.24, 2.45) is 23.7 Å². The molecule has 368 valence electrons. The van der Waals surface area contributed by atoms with Gasteiger partial charge in [0.2, 0.25) is 0 Å². The maximum absolute atomic E-state index is 13.4. The molecule has 0 saturated heterocycles. The van der Waals surface area contributed by atoms with Crippen LogP contribution in [0.4, 0.5) is 0 Å². The minimum atomic E-state index is -0.410. The van der Waals surface area contributed by atoms with Crippen LogP contribution in [-0.4, -0.2) is 67.2 Å². The number of rotatable bonds is 26. The standard InChI is InChI=1S/C53H61NO14S/c1-3-46(55)63-33-11-7-5-9-31-61-40-21-25-42(26-22-40)65-50(57)36-13-17-38(18-14-36)52(59)67-44-29-30-45(49-48(44)54-35-69-49)68-53(60)39-19-15-37(16-20-39)51(58)66-43-27-23-41(24-28-43)62-32-10-6-8-12-34-64-47(56)4-2/h3-4,21-30,35-39H,1-2,5-20,31-34H2. The molecule has 0 N–H and O–H groups in total. The summed E-state index contributed by atoms with van der Waals surface area (Å²) in [4.78, 5) is 79.3. The quantitative estimate of drug-likeness (QED) is 0.0250. The lowest BCUT2D eigenvalue weighted by Crippen LogP contribution is -2.30. The number of carbonyl (C=O) groups is 6. The van der Waals surface area contributed by atoms with E-state index in [9.17, 15) is 28.8 Å². The minimum absolute atomic E-state index is 0.268. The number of ether oxygens (including phenoxy) is 8. The van der Waals surface area contributed by atoms with Crippen molar-refractivity contribution in [2.75, 3.05) is 26.4 Å². The van der Waals surface area contributed by atoms with Crippen molar-refractivity contribution in [3.8, 4) is 34.5 Å². The summed E-state index contributed by atoms with van der Waals surface area (Å²) in [6.07, 6.45) is 13.1. The van der Waals surface area contributed by atoms with E-state index in [-0.39, 0.29) is 29.5 Å². The highest BCUT2D eigenvalue weighted by Crippen LogP contribution is 2.39. The molecule has 2 aliphatic carbocycles.